The van der Waals surface area contributed by atoms with Gasteiger partial charge in [-0.3, -0.25) is 0 Å². The Balaban J connectivity index is 2.10. The molecular formula is C15H22ClN5. The van der Waals surface area contributed by atoms with Gasteiger partial charge in [-0.05, 0) is 34.7 Å². The van der Waals surface area contributed by atoms with E-state index in [0.29, 0.717) is 12.4 Å². The number of hydrogen-bond acceptors (Lipinski definition) is 4. The monoisotopic (exact) mass is 307 g/mol. The van der Waals surface area contributed by atoms with Crippen LogP contribution in [0.15, 0.2) is 24.3 Å². The first kappa shape index (κ1) is 15.9. The molecule has 1 aromatic heterocycles. The van der Waals surface area contributed by atoms with Crippen LogP contribution in [0.3, 0.4) is 0 Å². The molecule has 0 bridgehead atoms. The van der Waals surface area contributed by atoms with Crippen molar-refractivity contribution < 1.29 is 0 Å². The smallest absolute Gasteiger partial charge is 0.188 e. The number of benzene rings is 1. The Bertz CT molecular complexity index is 570. The van der Waals surface area contributed by atoms with Crippen LogP contribution in [0.25, 0.3) is 0 Å². The molecule has 0 radical (unpaired) electrons. The second-order valence-electron chi connectivity index (χ2n) is 6.44. The first-order valence-corrected chi connectivity index (χ1v) is 7.43. The standard InChI is InChI=1S/C15H22ClN5/c1-15(2,3)9-13(11-5-7-12(16)8-6-11)17-10-14-18-20-21(4)19-14/h5-8,13,17H,9-10H2,1-4H3/t13-/m1/s1. The lowest BCUT2D eigenvalue weighted by Crippen LogP contribution is -2.26. The van der Waals surface area contributed by atoms with Gasteiger partial charge in [0.2, 0.25) is 0 Å². The number of aryl methyl sites for hydroxylation is 1. The first-order valence-electron chi connectivity index (χ1n) is 7.05. The summed E-state index contributed by atoms with van der Waals surface area (Å²) >= 11 is 5.97. The van der Waals surface area contributed by atoms with Crippen LogP contribution in [0, 0.1) is 5.41 Å². The van der Waals surface area contributed by atoms with Gasteiger partial charge in [-0.1, -0.05) is 44.5 Å². The number of tetrazole rings is 1. The van der Waals surface area contributed by atoms with E-state index in [1.165, 1.54) is 10.4 Å². The van der Waals surface area contributed by atoms with Crippen LogP contribution in [0.5, 0.6) is 0 Å². The van der Waals surface area contributed by atoms with E-state index in [2.05, 4.69) is 53.6 Å². The molecule has 1 aromatic carbocycles. The summed E-state index contributed by atoms with van der Waals surface area (Å²) < 4.78 is 0. The van der Waals surface area contributed by atoms with Crippen LogP contribution in [0.4, 0.5) is 0 Å². The Hall–Kier alpha value is -1.46. The number of nitrogens with zero attached hydrogens (tertiary/aromatic N) is 4. The maximum Gasteiger partial charge on any atom is 0.188 e. The Labute approximate surface area is 130 Å². The normalized spacial score (nSPS) is 13.4. The molecule has 0 fully saturated rings. The molecule has 0 unspecified atom stereocenters. The number of rotatable bonds is 5. The molecular weight excluding hydrogens is 286 g/mol. The first-order chi connectivity index (χ1) is 9.83. The molecule has 0 aliphatic carbocycles. The molecule has 0 amide bonds. The minimum absolute atomic E-state index is 0.215. The fourth-order valence-electron chi connectivity index (χ4n) is 2.22. The lowest BCUT2D eigenvalue weighted by atomic mass is 9.85. The van der Waals surface area contributed by atoms with Crippen molar-refractivity contribution in [2.45, 2.75) is 39.8 Å². The fourth-order valence-corrected chi connectivity index (χ4v) is 2.35. The summed E-state index contributed by atoms with van der Waals surface area (Å²) in [6, 6.07) is 8.21. The molecule has 0 spiro atoms. The molecule has 0 aliphatic heterocycles. The molecule has 2 rings (SSSR count). The highest BCUT2D eigenvalue weighted by Gasteiger charge is 2.20. The summed E-state index contributed by atoms with van der Waals surface area (Å²) in [7, 11) is 1.77. The van der Waals surface area contributed by atoms with Crippen molar-refractivity contribution in [2.75, 3.05) is 0 Å². The van der Waals surface area contributed by atoms with Crippen molar-refractivity contribution in [3.05, 3.63) is 40.7 Å². The SMILES string of the molecule is Cn1nnc(CN[C@H](CC(C)(C)C)c2ccc(Cl)cc2)n1. The van der Waals surface area contributed by atoms with Crippen LogP contribution < -0.4 is 5.32 Å². The summed E-state index contributed by atoms with van der Waals surface area (Å²) in [5.74, 6) is 0.699. The Kier molecular flexibility index (Phi) is 4.96. The molecule has 0 aliphatic rings. The van der Waals surface area contributed by atoms with Gasteiger partial charge >= 0.3 is 0 Å². The zero-order valence-electron chi connectivity index (χ0n) is 13.0. The third kappa shape index (κ3) is 5.10. The van der Waals surface area contributed by atoms with Crippen molar-refractivity contribution in [1.82, 2.24) is 25.5 Å². The summed E-state index contributed by atoms with van der Waals surface area (Å²) in [6.07, 6.45) is 1.01. The zero-order chi connectivity index (χ0) is 15.5. The molecule has 21 heavy (non-hydrogen) atoms. The number of nitrogens with one attached hydrogen (secondary N) is 1. The van der Waals surface area contributed by atoms with Crippen LogP contribution in [-0.2, 0) is 13.6 Å². The second-order valence-corrected chi connectivity index (χ2v) is 6.88. The minimum Gasteiger partial charge on any atom is -0.303 e. The predicted octanol–water partition coefficient (Wildman–Crippen LogP) is 3.13. The third-order valence-electron chi connectivity index (χ3n) is 3.15. The van der Waals surface area contributed by atoms with E-state index < -0.39 is 0 Å². The maximum absolute atomic E-state index is 5.97. The van der Waals surface area contributed by atoms with Crippen molar-refractivity contribution in [1.29, 1.82) is 0 Å². The van der Waals surface area contributed by atoms with Crippen LogP contribution in [0.1, 0.15) is 44.6 Å². The zero-order valence-corrected chi connectivity index (χ0v) is 13.7. The fraction of sp³-hybridized carbons (Fsp3) is 0.533. The van der Waals surface area contributed by atoms with Crippen molar-refractivity contribution >= 4 is 11.6 Å². The summed E-state index contributed by atoms with van der Waals surface area (Å²) in [5.41, 5.74) is 1.44. The molecule has 2 aromatic rings. The summed E-state index contributed by atoms with van der Waals surface area (Å²) in [4.78, 5) is 1.47. The lowest BCUT2D eigenvalue weighted by molar-refractivity contribution is 0.309. The quantitative estimate of drug-likeness (QED) is 0.922. The number of hydrogen-bond donors (Lipinski definition) is 1. The topological polar surface area (TPSA) is 55.6 Å². The van der Waals surface area contributed by atoms with E-state index in [1.807, 2.05) is 12.1 Å². The van der Waals surface area contributed by atoms with Crippen molar-refractivity contribution in [3.63, 3.8) is 0 Å². The molecule has 0 saturated heterocycles. The molecule has 6 heteroatoms. The number of halogens is 1. The van der Waals surface area contributed by atoms with Gasteiger partial charge in [-0.15, -0.1) is 10.2 Å². The van der Waals surface area contributed by atoms with Gasteiger partial charge in [0, 0.05) is 11.1 Å². The molecule has 1 atom stereocenters. The van der Waals surface area contributed by atoms with Crippen LogP contribution in [0.2, 0.25) is 5.02 Å². The van der Waals surface area contributed by atoms with E-state index in [-0.39, 0.29) is 11.5 Å². The van der Waals surface area contributed by atoms with Gasteiger partial charge < -0.3 is 5.32 Å². The Morgan fingerprint density at radius 1 is 1.24 bits per heavy atom. The van der Waals surface area contributed by atoms with E-state index in [9.17, 15) is 0 Å². The Morgan fingerprint density at radius 3 is 2.43 bits per heavy atom. The van der Waals surface area contributed by atoms with Gasteiger partial charge in [0.25, 0.3) is 0 Å². The molecule has 5 nitrogen and oxygen atoms in total. The second kappa shape index (κ2) is 6.54. The molecule has 1 N–H and O–H groups in total. The predicted molar refractivity (Wildman–Crippen MR) is 83.9 cm³/mol. The van der Waals surface area contributed by atoms with E-state index >= 15 is 0 Å². The van der Waals surface area contributed by atoms with Crippen LogP contribution in [-0.4, -0.2) is 20.2 Å². The highest BCUT2D eigenvalue weighted by Crippen LogP contribution is 2.30. The van der Waals surface area contributed by atoms with Gasteiger partial charge in [0.15, 0.2) is 5.82 Å². The van der Waals surface area contributed by atoms with Crippen molar-refractivity contribution in [2.24, 2.45) is 12.5 Å². The average Bonchev–Trinajstić information content (AvgIpc) is 2.80. The molecule has 1 heterocycles. The maximum atomic E-state index is 5.97. The lowest BCUT2D eigenvalue weighted by Gasteiger charge is -2.27. The third-order valence-corrected chi connectivity index (χ3v) is 3.40. The van der Waals surface area contributed by atoms with E-state index in [1.54, 1.807) is 7.05 Å². The van der Waals surface area contributed by atoms with Crippen molar-refractivity contribution in [3.8, 4) is 0 Å². The number of aromatic nitrogens is 4. The highest BCUT2D eigenvalue weighted by atomic mass is 35.5. The summed E-state index contributed by atoms with van der Waals surface area (Å²) in [6.45, 7) is 7.30. The average molecular weight is 308 g/mol. The van der Waals surface area contributed by atoms with E-state index in [0.717, 1.165) is 11.4 Å². The van der Waals surface area contributed by atoms with Gasteiger partial charge in [-0.2, -0.15) is 4.80 Å². The van der Waals surface area contributed by atoms with Crippen LogP contribution >= 0.6 is 11.6 Å². The van der Waals surface area contributed by atoms with Gasteiger partial charge in [0.05, 0.1) is 13.6 Å². The Morgan fingerprint density at radius 2 is 1.90 bits per heavy atom. The molecule has 114 valence electrons. The molecule has 0 saturated carbocycles. The van der Waals surface area contributed by atoms with E-state index in [4.69, 9.17) is 11.6 Å². The summed E-state index contributed by atoms with van der Waals surface area (Å²) in [5, 5.41) is 16.3. The highest BCUT2D eigenvalue weighted by molar-refractivity contribution is 6.30. The van der Waals surface area contributed by atoms with Gasteiger partial charge in [0.1, 0.15) is 0 Å². The minimum atomic E-state index is 0.215. The van der Waals surface area contributed by atoms with Gasteiger partial charge in [-0.25, -0.2) is 0 Å². The largest absolute Gasteiger partial charge is 0.303 e.